The number of phenolic OH excluding ortho intramolecular Hbond substituents is 3. The molecule has 0 aliphatic carbocycles. The Morgan fingerprint density at radius 2 is 1.70 bits per heavy atom. The van der Waals surface area contributed by atoms with Crippen LogP contribution in [0.4, 0.5) is 0 Å². The average molecular weight is 843 g/mol. The van der Waals surface area contributed by atoms with Crippen LogP contribution in [0.3, 0.4) is 0 Å². The first kappa shape index (κ1) is 42.3. The molecule has 2 aromatic carbocycles. The van der Waals surface area contributed by atoms with Crippen LogP contribution in [-0.4, -0.2) is 146 Å². The fraction of sp³-hybridized carbons (Fsp3) is 0.395. The van der Waals surface area contributed by atoms with E-state index in [0.717, 1.165) is 18.2 Å². The fourth-order valence-corrected chi connectivity index (χ4v) is 7.20. The second kappa shape index (κ2) is 15.3. The van der Waals surface area contributed by atoms with Crippen molar-refractivity contribution in [3.63, 3.8) is 0 Å². The highest BCUT2D eigenvalue weighted by atomic mass is 16.8. The van der Waals surface area contributed by atoms with Gasteiger partial charge in [-0.15, -0.1) is 0 Å². The number of rotatable bonds is 8. The number of allylic oxidation sites excluding steroid dienone is 2. The normalized spacial score (nSPS) is 32.1. The largest absolute Gasteiger partial charge is 0.507 e. The van der Waals surface area contributed by atoms with E-state index in [1.807, 2.05) is 5.92 Å². The lowest BCUT2D eigenvalue weighted by Gasteiger charge is -2.48. The Labute approximate surface area is 335 Å². The van der Waals surface area contributed by atoms with Crippen LogP contribution in [0.2, 0.25) is 0 Å². The van der Waals surface area contributed by atoms with Gasteiger partial charge >= 0.3 is 11.9 Å². The summed E-state index contributed by atoms with van der Waals surface area (Å²) in [5.41, 5.74) is -1.34. The topological polar surface area (TPSA) is 382 Å². The van der Waals surface area contributed by atoms with Crippen molar-refractivity contribution in [3.8, 4) is 46.2 Å². The highest BCUT2D eigenvalue weighted by Crippen LogP contribution is 2.44. The Balaban J connectivity index is 1.35. The smallest absolute Gasteiger partial charge is 0.354 e. The Morgan fingerprint density at radius 1 is 0.967 bits per heavy atom. The van der Waals surface area contributed by atoms with Crippen LogP contribution >= 0.6 is 0 Å². The fourth-order valence-electron chi connectivity index (χ4n) is 7.20. The number of aliphatic carboxylic acids is 1. The van der Waals surface area contributed by atoms with E-state index in [1.165, 1.54) is 12.3 Å². The number of nitrogens with one attached hydrogen (secondary N) is 1. The lowest BCUT2D eigenvalue weighted by molar-refractivity contribution is -0.393. The number of hydrogen-bond donors (Lipinski definition) is 14. The van der Waals surface area contributed by atoms with Crippen molar-refractivity contribution in [2.24, 2.45) is 5.73 Å². The number of nitrogens with two attached hydrogens (primary N) is 1. The van der Waals surface area contributed by atoms with Crippen molar-refractivity contribution in [3.05, 3.63) is 69.5 Å². The van der Waals surface area contributed by atoms with Gasteiger partial charge in [0.05, 0.1) is 12.6 Å². The summed E-state index contributed by atoms with van der Waals surface area (Å²) in [5.74, 6) is -6.27. The molecule has 3 aromatic rings. The van der Waals surface area contributed by atoms with Crippen LogP contribution in [0.5, 0.6) is 23.0 Å². The summed E-state index contributed by atoms with van der Waals surface area (Å²) in [6.07, 6.45) is -14.6. The summed E-state index contributed by atoms with van der Waals surface area (Å²) in [5, 5.41) is 130. The summed E-state index contributed by atoms with van der Waals surface area (Å²) in [6, 6.07) is 4.46. The first-order valence-corrected chi connectivity index (χ1v) is 18.0. The molecule has 15 N–H and O–H groups in total. The molecule has 1 spiro atoms. The lowest BCUT2D eigenvalue weighted by atomic mass is 9.82. The number of phenols is 3. The zero-order valence-electron chi connectivity index (χ0n) is 30.7. The molecule has 320 valence electrons. The van der Waals surface area contributed by atoms with E-state index >= 15 is 0 Å². The van der Waals surface area contributed by atoms with Crippen molar-refractivity contribution >= 4 is 22.9 Å². The number of dihydropyridines is 1. The molecule has 10 unspecified atom stereocenters. The van der Waals surface area contributed by atoms with Gasteiger partial charge in [-0.05, 0) is 36.1 Å². The third-order valence-electron chi connectivity index (χ3n) is 10.6. The zero-order chi connectivity index (χ0) is 43.6. The molecule has 10 atom stereocenters. The molecular formula is C38H38N2O20. The number of aliphatic hydroxyl groups is 8. The SMILES string of the molecule is NC1C=CC(Cc2c(OC3OC4(CC#CC5(C(=O)O)OC(OC4=O)C(O)C(O)C5(O)O)C(O)C(O)C3O)cc3oc(-c4cc(O)c(O)c(CCO)c4)cc(=O)c3c2O)=CN1. The zero-order valence-corrected chi connectivity index (χ0v) is 30.7. The lowest BCUT2D eigenvalue weighted by Crippen LogP contribution is -2.75. The van der Waals surface area contributed by atoms with E-state index in [1.54, 1.807) is 12.2 Å². The van der Waals surface area contributed by atoms with Crippen LogP contribution in [-0.2, 0) is 36.6 Å². The molecule has 5 heterocycles. The van der Waals surface area contributed by atoms with Gasteiger partial charge in [0.25, 0.3) is 5.60 Å². The summed E-state index contributed by atoms with van der Waals surface area (Å²) in [7, 11) is 0. The van der Waals surface area contributed by atoms with E-state index in [0.29, 0.717) is 5.57 Å². The maximum absolute atomic E-state index is 13.9. The van der Waals surface area contributed by atoms with Crippen molar-refractivity contribution in [2.75, 3.05) is 6.61 Å². The minimum absolute atomic E-state index is 0.0547. The summed E-state index contributed by atoms with van der Waals surface area (Å²) >= 11 is 0. The Morgan fingerprint density at radius 3 is 2.37 bits per heavy atom. The second-order valence-electron chi connectivity index (χ2n) is 14.4. The molecule has 2 fully saturated rings. The summed E-state index contributed by atoms with van der Waals surface area (Å²) in [4.78, 5) is 39.9. The minimum atomic E-state index is -3.82. The van der Waals surface area contributed by atoms with E-state index in [4.69, 9.17) is 29.1 Å². The molecule has 22 heteroatoms. The molecule has 2 saturated heterocycles. The van der Waals surface area contributed by atoms with Crippen LogP contribution < -0.4 is 21.2 Å². The number of fused-ring (bicyclic) bond motifs is 3. The number of aromatic hydroxyl groups is 3. The quantitative estimate of drug-likeness (QED) is 0.0446. The van der Waals surface area contributed by atoms with Gasteiger partial charge in [0.15, 0.2) is 16.9 Å². The number of ether oxygens (including phenoxy) is 4. The van der Waals surface area contributed by atoms with Gasteiger partial charge in [-0.25, -0.2) is 9.59 Å². The number of esters is 1. The molecule has 0 amide bonds. The molecule has 0 radical (unpaired) electrons. The van der Waals surface area contributed by atoms with Crippen LogP contribution in [0, 0.1) is 11.8 Å². The number of benzene rings is 2. The van der Waals surface area contributed by atoms with Gasteiger partial charge in [0.2, 0.25) is 24.0 Å². The molecular weight excluding hydrogens is 804 g/mol. The molecule has 0 saturated carbocycles. The number of carboxylic acid groups (broad SMARTS) is 1. The molecule has 22 nitrogen and oxygen atoms in total. The first-order chi connectivity index (χ1) is 28.3. The van der Waals surface area contributed by atoms with Gasteiger partial charge in [-0.2, -0.15) is 0 Å². The summed E-state index contributed by atoms with van der Waals surface area (Å²) in [6.45, 7) is -0.413. The highest BCUT2D eigenvalue weighted by molar-refractivity contribution is 5.89. The minimum Gasteiger partial charge on any atom is -0.507 e. The van der Waals surface area contributed by atoms with Gasteiger partial charge in [-0.1, -0.05) is 12.0 Å². The van der Waals surface area contributed by atoms with E-state index < -0.39 is 120 Å². The van der Waals surface area contributed by atoms with Crippen molar-refractivity contribution in [1.29, 1.82) is 0 Å². The van der Waals surface area contributed by atoms with Gasteiger partial charge in [0.1, 0.15) is 58.7 Å². The molecule has 4 aliphatic heterocycles. The van der Waals surface area contributed by atoms with Crippen LogP contribution in [0.1, 0.15) is 17.5 Å². The molecule has 4 aliphatic rings. The van der Waals surface area contributed by atoms with E-state index in [2.05, 4.69) is 11.2 Å². The number of carbonyl (C=O) groups excluding carboxylic acids is 1. The van der Waals surface area contributed by atoms with E-state index in [9.17, 15) is 75.7 Å². The van der Waals surface area contributed by atoms with Gasteiger partial charge in [0, 0.05) is 48.1 Å². The first-order valence-electron chi connectivity index (χ1n) is 18.0. The van der Waals surface area contributed by atoms with Gasteiger partial charge in [-0.3, -0.25) is 4.79 Å². The Bertz CT molecular complexity index is 2440. The predicted molar refractivity (Wildman–Crippen MR) is 195 cm³/mol. The van der Waals surface area contributed by atoms with Crippen molar-refractivity contribution in [2.45, 2.75) is 85.5 Å². The third kappa shape index (κ3) is 6.76. The Kier molecular flexibility index (Phi) is 10.8. The monoisotopic (exact) mass is 842 g/mol. The number of aliphatic hydroxyl groups excluding tert-OH is 6. The predicted octanol–water partition coefficient (Wildman–Crippen LogP) is -3.93. The molecule has 1 aromatic heterocycles. The maximum atomic E-state index is 13.9. The number of hydrogen-bond acceptors (Lipinski definition) is 21. The van der Waals surface area contributed by atoms with Crippen molar-refractivity contribution < 1.29 is 94.2 Å². The molecule has 7 rings (SSSR count). The number of carbonyl (C=O) groups is 2. The third-order valence-corrected chi connectivity index (χ3v) is 10.6. The highest BCUT2D eigenvalue weighted by Gasteiger charge is 2.70. The average Bonchev–Trinajstić information content (AvgIpc) is 3.25. The second-order valence-corrected chi connectivity index (χ2v) is 14.4. The molecule has 2 bridgehead atoms. The summed E-state index contributed by atoms with van der Waals surface area (Å²) < 4.78 is 28.0. The van der Waals surface area contributed by atoms with Crippen LogP contribution in [0.15, 0.2) is 57.4 Å². The van der Waals surface area contributed by atoms with Crippen LogP contribution in [0.25, 0.3) is 22.3 Å². The standard InChI is InChI=1S/C38H38N2O20/c39-23-3-2-14(13-40-23)8-17-21(12-22-24(26(17)45)18(42)11-20(56-22)16-9-15(4-7-41)25(44)19(43)10-16)57-32-28(47)27(46)30(49)36(59-32)5-1-6-37(34(51)52)38(54,55)31(50)29(48)33(60-37)58-35(36)53/h2-3,9-13,23,27-33,40-41,43-50,54-55H,4-5,7-8,39H2,(H,51,52). The van der Waals surface area contributed by atoms with Gasteiger partial charge < -0.3 is 95.7 Å². The Hall–Kier alpha value is -5.81. The van der Waals surface area contributed by atoms with Crippen molar-refractivity contribution in [1.82, 2.24) is 5.32 Å². The number of carboxylic acids is 1. The maximum Gasteiger partial charge on any atom is 0.354 e. The van der Waals surface area contributed by atoms with E-state index in [-0.39, 0.29) is 46.3 Å². The molecule has 60 heavy (non-hydrogen) atoms.